The molecule has 1 aromatic carbocycles. The van der Waals surface area contributed by atoms with Crippen LogP contribution in [0.2, 0.25) is 0 Å². The van der Waals surface area contributed by atoms with Gasteiger partial charge in [-0.15, -0.1) is 0 Å². The van der Waals surface area contributed by atoms with Crippen molar-refractivity contribution in [1.82, 2.24) is 5.32 Å². The highest BCUT2D eigenvalue weighted by Gasteiger charge is 2.26. The number of amides is 2. The summed E-state index contributed by atoms with van der Waals surface area (Å²) < 4.78 is 5.09. The van der Waals surface area contributed by atoms with Crippen LogP contribution in [0.1, 0.15) is 30.9 Å². The lowest BCUT2D eigenvalue weighted by atomic mass is 9.98. The maximum Gasteiger partial charge on any atom is 0.249 e. The summed E-state index contributed by atoms with van der Waals surface area (Å²) in [6.45, 7) is 6.34. The van der Waals surface area contributed by atoms with Gasteiger partial charge in [-0.25, -0.2) is 0 Å². The zero-order valence-corrected chi connectivity index (χ0v) is 12.0. The molecule has 1 atom stereocenters. The minimum atomic E-state index is -0.629. The van der Waals surface area contributed by atoms with Crippen LogP contribution in [0.15, 0.2) is 18.2 Å². The number of morpholine rings is 1. The molecule has 0 spiro atoms. The van der Waals surface area contributed by atoms with Crippen molar-refractivity contribution in [2.45, 2.75) is 32.7 Å². The second-order valence-electron chi connectivity index (χ2n) is 5.32. The Morgan fingerprint density at radius 1 is 1.45 bits per heavy atom. The van der Waals surface area contributed by atoms with E-state index in [1.807, 2.05) is 25.1 Å². The lowest BCUT2D eigenvalue weighted by Crippen LogP contribution is -2.52. The van der Waals surface area contributed by atoms with Gasteiger partial charge >= 0.3 is 0 Å². The molecule has 0 saturated carbocycles. The molecular formula is C15H20N2O3. The quantitative estimate of drug-likeness (QED) is 0.880. The number of carbonyl (C=O) groups excluding carboxylic acids is 2. The molecule has 5 heteroatoms. The van der Waals surface area contributed by atoms with E-state index in [9.17, 15) is 9.59 Å². The van der Waals surface area contributed by atoms with Crippen molar-refractivity contribution in [1.29, 1.82) is 0 Å². The highest BCUT2D eigenvalue weighted by Crippen LogP contribution is 2.27. The molecule has 1 aliphatic rings. The molecule has 20 heavy (non-hydrogen) atoms. The van der Waals surface area contributed by atoms with Gasteiger partial charge in [-0.3, -0.25) is 9.59 Å². The maximum atomic E-state index is 12.2. The molecule has 1 aromatic rings. The van der Waals surface area contributed by atoms with Gasteiger partial charge in [0, 0.05) is 5.69 Å². The minimum absolute atomic E-state index is 0.0192. The largest absolute Gasteiger partial charge is 0.369 e. The van der Waals surface area contributed by atoms with E-state index in [4.69, 9.17) is 4.74 Å². The number of aryl methyl sites for hydroxylation is 1. The Hall–Kier alpha value is -1.88. The van der Waals surface area contributed by atoms with Gasteiger partial charge in [0.15, 0.2) is 0 Å². The van der Waals surface area contributed by atoms with Crippen molar-refractivity contribution in [2.24, 2.45) is 0 Å². The fourth-order valence-corrected chi connectivity index (χ4v) is 2.24. The molecule has 2 amide bonds. The Morgan fingerprint density at radius 3 is 2.85 bits per heavy atom. The van der Waals surface area contributed by atoms with Crippen molar-refractivity contribution in [2.75, 3.05) is 18.5 Å². The molecular weight excluding hydrogens is 256 g/mol. The Bertz CT molecular complexity index is 526. The van der Waals surface area contributed by atoms with E-state index < -0.39 is 6.04 Å². The number of rotatable bonds is 3. The van der Waals surface area contributed by atoms with E-state index in [1.165, 1.54) is 0 Å². The first-order valence-corrected chi connectivity index (χ1v) is 6.76. The monoisotopic (exact) mass is 276 g/mol. The molecule has 0 bridgehead atoms. The third-order valence-corrected chi connectivity index (χ3v) is 3.34. The van der Waals surface area contributed by atoms with Gasteiger partial charge < -0.3 is 15.4 Å². The Balaban J connectivity index is 2.17. The van der Waals surface area contributed by atoms with E-state index in [0.717, 1.165) is 16.8 Å². The van der Waals surface area contributed by atoms with Crippen LogP contribution in [0.5, 0.6) is 0 Å². The molecule has 108 valence electrons. The molecule has 0 aromatic heterocycles. The molecule has 2 N–H and O–H groups in total. The highest BCUT2D eigenvalue weighted by atomic mass is 16.5. The van der Waals surface area contributed by atoms with Gasteiger partial charge in [-0.05, 0) is 24.0 Å². The summed E-state index contributed by atoms with van der Waals surface area (Å²) in [6, 6.07) is 5.31. The summed E-state index contributed by atoms with van der Waals surface area (Å²) in [5.41, 5.74) is 2.92. The molecule has 1 saturated heterocycles. The lowest BCUT2D eigenvalue weighted by Gasteiger charge is -2.24. The van der Waals surface area contributed by atoms with Gasteiger partial charge in [0.05, 0.1) is 6.61 Å². The van der Waals surface area contributed by atoms with E-state index in [1.54, 1.807) is 0 Å². The average molecular weight is 276 g/mol. The van der Waals surface area contributed by atoms with Crippen molar-refractivity contribution in [3.8, 4) is 0 Å². The zero-order valence-electron chi connectivity index (χ0n) is 12.0. The maximum absolute atomic E-state index is 12.2. The van der Waals surface area contributed by atoms with Crippen LogP contribution in [-0.2, 0) is 14.3 Å². The molecule has 1 aliphatic heterocycles. The highest BCUT2D eigenvalue weighted by molar-refractivity contribution is 5.99. The smallest absolute Gasteiger partial charge is 0.249 e. The van der Waals surface area contributed by atoms with E-state index in [0.29, 0.717) is 5.92 Å². The van der Waals surface area contributed by atoms with Crippen LogP contribution in [0.25, 0.3) is 0 Å². The van der Waals surface area contributed by atoms with Crippen LogP contribution in [0.3, 0.4) is 0 Å². The molecule has 1 heterocycles. The number of ether oxygens (including phenoxy) is 1. The number of hydrogen-bond acceptors (Lipinski definition) is 3. The zero-order chi connectivity index (χ0) is 14.7. The number of nitrogens with one attached hydrogen (secondary N) is 2. The number of anilines is 1. The fraction of sp³-hybridized carbons (Fsp3) is 0.467. The van der Waals surface area contributed by atoms with Gasteiger partial charge in [0.2, 0.25) is 11.8 Å². The van der Waals surface area contributed by atoms with Crippen LogP contribution in [-0.4, -0.2) is 31.1 Å². The fourth-order valence-electron chi connectivity index (χ4n) is 2.24. The number of para-hydroxylation sites is 1. The summed E-state index contributed by atoms with van der Waals surface area (Å²) in [4.78, 5) is 23.5. The summed E-state index contributed by atoms with van der Waals surface area (Å²) in [5, 5.41) is 5.55. The average Bonchev–Trinajstić information content (AvgIpc) is 2.40. The van der Waals surface area contributed by atoms with Crippen LogP contribution in [0.4, 0.5) is 5.69 Å². The number of hydrogen-bond donors (Lipinski definition) is 2. The van der Waals surface area contributed by atoms with Crippen LogP contribution >= 0.6 is 0 Å². The topological polar surface area (TPSA) is 67.4 Å². The van der Waals surface area contributed by atoms with Crippen molar-refractivity contribution >= 4 is 17.5 Å². The lowest BCUT2D eigenvalue weighted by molar-refractivity contribution is -0.136. The minimum Gasteiger partial charge on any atom is -0.369 e. The molecule has 0 radical (unpaired) electrons. The number of benzene rings is 1. The van der Waals surface area contributed by atoms with Crippen molar-refractivity contribution < 1.29 is 14.3 Å². The van der Waals surface area contributed by atoms with Crippen molar-refractivity contribution in [3.63, 3.8) is 0 Å². The van der Waals surface area contributed by atoms with Gasteiger partial charge in [0.1, 0.15) is 12.6 Å². The summed E-state index contributed by atoms with van der Waals surface area (Å²) in [7, 11) is 0. The van der Waals surface area contributed by atoms with E-state index in [-0.39, 0.29) is 25.0 Å². The van der Waals surface area contributed by atoms with Gasteiger partial charge in [0.25, 0.3) is 0 Å². The molecule has 2 rings (SSSR count). The standard InChI is InChI=1S/C15H20N2O3/c1-9(2)11-6-4-5-10(3)14(11)17-15(19)12-7-20-8-13(18)16-12/h4-6,9,12H,7-8H2,1-3H3,(H,16,18)(H,17,19). The van der Waals surface area contributed by atoms with E-state index >= 15 is 0 Å². The summed E-state index contributed by atoms with van der Waals surface area (Å²) in [6.07, 6.45) is 0. The van der Waals surface area contributed by atoms with Gasteiger partial charge in [-0.2, -0.15) is 0 Å². The molecule has 1 unspecified atom stereocenters. The third-order valence-electron chi connectivity index (χ3n) is 3.34. The second kappa shape index (κ2) is 6.05. The van der Waals surface area contributed by atoms with Crippen molar-refractivity contribution in [3.05, 3.63) is 29.3 Å². The predicted molar refractivity (Wildman–Crippen MR) is 76.6 cm³/mol. The Labute approximate surface area is 118 Å². The number of carbonyl (C=O) groups is 2. The normalized spacial score (nSPS) is 18.8. The van der Waals surface area contributed by atoms with Gasteiger partial charge in [-0.1, -0.05) is 32.0 Å². The second-order valence-corrected chi connectivity index (χ2v) is 5.32. The summed E-state index contributed by atoms with van der Waals surface area (Å²) in [5.74, 6) is -0.193. The molecule has 0 aliphatic carbocycles. The molecule has 1 fully saturated rings. The van der Waals surface area contributed by atoms with Crippen LogP contribution in [0, 0.1) is 6.92 Å². The first kappa shape index (κ1) is 14.5. The molecule has 5 nitrogen and oxygen atoms in total. The van der Waals surface area contributed by atoms with Crippen LogP contribution < -0.4 is 10.6 Å². The first-order chi connectivity index (χ1) is 9.49. The summed E-state index contributed by atoms with van der Waals surface area (Å²) >= 11 is 0. The van der Waals surface area contributed by atoms with E-state index in [2.05, 4.69) is 24.5 Å². The Kier molecular flexibility index (Phi) is 4.39. The third kappa shape index (κ3) is 3.17. The first-order valence-electron chi connectivity index (χ1n) is 6.76. The predicted octanol–water partition coefficient (Wildman–Crippen LogP) is 1.57. The Morgan fingerprint density at radius 2 is 2.20 bits per heavy atom. The SMILES string of the molecule is Cc1cccc(C(C)C)c1NC(=O)C1COCC(=O)N1.